The van der Waals surface area contributed by atoms with Crippen LogP contribution in [-0.4, -0.2) is 33.3 Å². The molecule has 0 radical (unpaired) electrons. The van der Waals surface area contributed by atoms with Crippen LogP contribution in [0.3, 0.4) is 0 Å². The third kappa shape index (κ3) is 4.92. The van der Waals surface area contributed by atoms with E-state index in [1.54, 1.807) is 17.7 Å². The molecule has 0 fully saturated rings. The van der Waals surface area contributed by atoms with Crippen molar-refractivity contribution in [3.8, 4) is 0 Å². The third-order valence-electron chi connectivity index (χ3n) is 5.69. The van der Waals surface area contributed by atoms with Gasteiger partial charge in [-0.25, -0.2) is 4.79 Å². The molecule has 8 heteroatoms. The van der Waals surface area contributed by atoms with Gasteiger partial charge in [0.05, 0.1) is 5.52 Å². The van der Waals surface area contributed by atoms with Crippen LogP contribution in [0.25, 0.3) is 21.9 Å². The van der Waals surface area contributed by atoms with Crippen molar-refractivity contribution in [2.75, 3.05) is 0 Å². The number of aliphatic hydroxyl groups is 1. The quantitative estimate of drug-likeness (QED) is 0.365. The lowest BCUT2D eigenvalue weighted by Crippen LogP contribution is -2.59. The van der Waals surface area contributed by atoms with Gasteiger partial charge in [0.1, 0.15) is 23.6 Å². The van der Waals surface area contributed by atoms with Crippen molar-refractivity contribution in [1.82, 2.24) is 15.2 Å². The number of benzene rings is 2. The van der Waals surface area contributed by atoms with E-state index in [2.05, 4.69) is 10.6 Å². The maximum Gasteiger partial charge on any atom is 0.408 e. The molecule has 1 atom stereocenters. The summed E-state index contributed by atoms with van der Waals surface area (Å²) in [6, 6.07) is 16.8. The molecule has 8 nitrogen and oxygen atoms in total. The Morgan fingerprint density at radius 2 is 1.88 bits per heavy atom. The van der Waals surface area contributed by atoms with Crippen molar-refractivity contribution >= 4 is 33.9 Å². The number of hydrogen-bond donors (Lipinski definition) is 3. The van der Waals surface area contributed by atoms with E-state index in [9.17, 15) is 14.7 Å². The largest absolute Gasteiger partial charge is 0.457 e. The summed E-state index contributed by atoms with van der Waals surface area (Å²) in [6.07, 6.45) is 1.28. The van der Waals surface area contributed by atoms with Crippen LogP contribution >= 0.6 is 0 Å². The van der Waals surface area contributed by atoms with Gasteiger partial charge in [-0.05, 0) is 44.5 Å². The normalized spacial score (nSPS) is 13.2. The lowest BCUT2D eigenvalue weighted by Gasteiger charge is -2.30. The topological polar surface area (TPSA) is 106 Å². The molecule has 178 valence electrons. The Bertz CT molecular complexity index is 1290. The van der Waals surface area contributed by atoms with Gasteiger partial charge in [0.15, 0.2) is 6.61 Å². The first-order valence-electron chi connectivity index (χ1n) is 11.2. The van der Waals surface area contributed by atoms with E-state index in [-0.39, 0.29) is 31.7 Å². The Labute approximate surface area is 197 Å². The Balaban J connectivity index is 1.54. The molecule has 2 amide bonds. The van der Waals surface area contributed by atoms with E-state index in [0.29, 0.717) is 11.3 Å². The Hall–Kier alpha value is -3.78. The molecule has 3 N–H and O–H groups in total. The summed E-state index contributed by atoms with van der Waals surface area (Å²) in [4.78, 5) is 25.9. The monoisotopic (exact) mass is 463 g/mol. The van der Waals surface area contributed by atoms with E-state index in [1.807, 2.05) is 68.4 Å². The standard InChI is InChI=1S/C26H29N3O5/c1-17(2)27-24(31)26(3,13-19-14-29(16-30)22-10-6-5-9-21(19)22)28-25(32)33-15-20-12-18-8-4-7-11-23(18)34-20/h4-12,14,17,30H,13,15-16H2,1-3H3,(H,27,31)(H,28,32)/t26-/m1/s1. The average molecular weight is 464 g/mol. The fourth-order valence-electron chi connectivity index (χ4n) is 4.07. The molecule has 0 saturated heterocycles. The second-order valence-corrected chi connectivity index (χ2v) is 8.87. The van der Waals surface area contributed by atoms with Crippen LogP contribution in [0.2, 0.25) is 0 Å². The second-order valence-electron chi connectivity index (χ2n) is 8.87. The molecule has 2 heterocycles. The van der Waals surface area contributed by atoms with Crippen LogP contribution in [0.4, 0.5) is 4.79 Å². The van der Waals surface area contributed by atoms with E-state index < -0.39 is 11.6 Å². The first-order valence-corrected chi connectivity index (χ1v) is 11.2. The van der Waals surface area contributed by atoms with Crippen LogP contribution in [-0.2, 0) is 29.3 Å². The van der Waals surface area contributed by atoms with Crippen LogP contribution in [0.1, 0.15) is 32.1 Å². The van der Waals surface area contributed by atoms with Gasteiger partial charge < -0.3 is 29.5 Å². The van der Waals surface area contributed by atoms with E-state index in [0.717, 1.165) is 21.9 Å². The van der Waals surface area contributed by atoms with Crippen molar-refractivity contribution < 1.29 is 23.8 Å². The zero-order valence-electron chi connectivity index (χ0n) is 19.5. The molecule has 2 aromatic heterocycles. The first-order chi connectivity index (χ1) is 16.3. The fourth-order valence-corrected chi connectivity index (χ4v) is 4.07. The van der Waals surface area contributed by atoms with Crippen molar-refractivity contribution in [2.45, 2.75) is 52.1 Å². The SMILES string of the molecule is CC(C)NC(=O)[C@@](C)(Cc1cn(CO)c2ccccc12)NC(=O)OCc1cc2ccccc2o1. The van der Waals surface area contributed by atoms with Gasteiger partial charge in [-0.15, -0.1) is 0 Å². The summed E-state index contributed by atoms with van der Waals surface area (Å²) >= 11 is 0. The average Bonchev–Trinajstić information content (AvgIpc) is 3.38. The van der Waals surface area contributed by atoms with Gasteiger partial charge in [-0.2, -0.15) is 0 Å². The van der Waals surface area contributed by atoms with Crippen LogP contribution in [0.15, 0.2) is 65.2 Å². The molecule has 0 aliphatic heterocycles. The number of carbonyl (C=O) groups excluding carboxylic acids is 2. The van der Waals surface area contributed by atoms with Gasteiger partial charge in [-0.3, -0.25) is 4.79 Å². The molecule has 4 aromatic rings. The number of fused-ring (bicyclic) bond motifs is 2. The second kappa shape index (κ2) is 9.61. The molecule has 0 unspecified atom stereocenters. The number of nitrogens with zero attached hydrogens (tertiary/aromatic N) is 1. The van der Waals surface area contributed by atoms with Gasteiger partial charge >= 0.3 is 6.09 Å². The summed E-state index contributed by atoms with van der Waals surface area (Å²) in [5.74, 6) is 0.180. The number of carbonyl (C=O) groups is 2. The van der Waals surface area contributed by atoms with Crippen molar-refractivity contribution in [3.63, 3.8) is 0 Å². The fraction of sp³-hybridized carbons (Fsp3) is 0.308. The lowest BCUT2D eigenvalue weighted by atomic mass is 9.91. The maximum atomic E-state index is 13.2. The van der Waals surface area contributed by atoms with Crippen LogP contribution in [0, 0.1) is 0 Å². The molecule has 0 aliphatic carbocycles. The smallest absolute Gasteiger partial charge is 0.408 e. The number of furan rings is 1. The maximum absolute atomic E-state index is 13.2. The number of aromatic nitrogens is 1. The number of para-hydroxylation sites is 2. The molecule has 34 heavy (non-hydrogen) atoms. The predicted octanol–water partition coefficient (Wildman–Crippen LogP) is 4.09. The van der Waals surface area contributed by atoms with E-state index in [1.165, 1.54) is 0 Å². The third-order valence-corrected chi connectivity index (χ3v) is 5.69. The zero-order chi connectivity index (χ0) is 24.3. The van der Waals surface area contributed by atoms with Gasteiger partial charge in [0, 0.05) is 29.4 Å². The highest BCUT2D eigenvalue weighted by molar-refractivity contribution is 5.92. The zero-order valence-corrected chi connectivity index (χ0v) is 19.5. The molecular weight excluding hydrogens is 434 g/mol. The number of nitrogens with one attached hydrogen (secondary N) is 2. The summed E-state index contributed by atoms with van der Waals surface area (Å²) in [7, 11) is 0. The summed E-state index contributed by atoms with van der Waals surface area (Å²) in [6.45, 7) is 5.12. The summed E-state index contributed by atoms with van der Waals surface area (Å²) in [5, 5.41) is 17.2. The highest BCUT2D eigenvalue weighted by Gasteiger charge is 2.37. The number of amides is 2. The summed E-state index contributed by atoms with van der Waals surface area (Å²) in [5.41, 5.74) is 1.09. The minimum atomic E-state index is -1.29. The lowest BCUT2D eigenvalue weighted by molar-refractivity contribution is -0.127. The molecule has 0 bridgehead atoms. The highest BCUT2D eigenvalue weighted by atomic mass is 16.6. The number of alkyl carbamates (subject to hydrolysis) is 1. The number of rotatable bonds is 8. The van der Waals surface area contributed by atoms with Gasteiger partial charge in [0.25, 0.3) is 0 Å². The van der Waals surface area contributed by atoms with Crippen molar-refractivity contribution in [2.24, 2.45) is 0 Å². The molecule has 0 aliphatic rings. The van der Waals surface area contributed by atoms with Crippen LogP contribution < -0.4 is 10.6 Å². The van der Waals surface area contributed by atoms with Crippen molar-refractivity contribution in [1.29, 1.82) is 0 Å². The minimum absolute atomic E-state index is 0.0633. The predicted molar refractivity (Wildman–Crippen MR) is 129 cm³/mol. The molecular formula is C26H29N3O5. The highest BCUT2D eigenvalue weighted by Crippen LogP contribution is 2.26. The van der Waals surface area contributed by atoms with E-state index >= 15 is 0 Å². The minimum Gasteiger partial charge on any atom is -0.457 e. The Morgan fingerprint density at radius 1 is 1.15 bits per heavy atom. The first kappa shape index (κ1) is 23.4. The molecule has 0 spiro atoms. The Kier molecular flexibility index (Phi) is 6.61. The van der Waals surface area contributed by atoms with Gasteiger partial charge in [0.2, 0.25) is 5.91 Å². The van der Waals surface area contributed by atoms with Gasteiger partial charge in [-0.1, -0.05) is 36.4 Å². The van der Waals surface area contributed by atoms with Crippen molar-refractivity contribution in [3.05, 3.63) is 72.1 Å². The van der Waals surface area contributed by atoms with E-state index in [4.69, 9.17) is 9.15 Å². The number of aliphatic hydroxyl groups excluding tert-OH is 1. The molecule has 4 rings (SSSR count). The molecule has 0 saturated carbocycles. The molecule has 2 aromatic carbocycles. The number of ether oxygens (including phenoxy) is 1. The van der Waals surface area contributed by atoms with Crippen LogP contribution in [0.5, 0.6) is 0 Å². The summed E-state index contributed by atoms with van der Waals surface area (Å²) < 4.78 is 12.8. The number of hydrogen-bond acceptors (Lipinski definition) is 5. The Morgan fingerprint density at radius 3 is 2.62 bits per heavy atom.